The van der Waals surface area contributed by atoms with Gasteiger partial charge in [-0.05, 0) is 12.1 Å². The van der Waals surface area contributed by atoms with Crippen LogP contribution < -0.4 is 5.32 Å². The van der Waals surface area contributed by atoms with Gasteiger partial charge in [0.05, 0.1) is 12.2 Å². The van der Waals surface area contributed by atoms with Crippen molar-refractivity contribution in [1.29, 1.82) is 0 Å². The quantitative estimate of drug-likeness (QED) is 0.825. The summed E-state index contributed by atoms with van der Waals surface area (Å²) in [5.41, 5.74) is 0.817. The fourth-order valence-electron chi connectivity index (χ4n) is 1.63. The number of halogens is 2. The molecule has 0 atom stereocenters. The molecule has 0 unspecified atom stereocenters. The molecule has 2 rings (SSSR count). The number of aromatic nitrogens is 2. The van der Waals surface area contributed by atoms with Crippen molar-refractivity contribution in [2.45, 2.75) is 5.92 Å². The SMILES string of the molecule is C=CC(=O)NCC(F)(F)c1cc(-c2ccccc2)n[nH]1. The molecule has 6 heteroatoms. The van der Waals surface area contributed by atoms with Crippen molar-refractivity contribution < 1.29 is 13.6 Å². The Balaban J connectivity index is 2.15. The average molecular weight is 277 g/mol. The molecule has 1 heterocycles. The van der Waals surface area contributed by atoms with Crippen LogP contribution >= 0.6 is 0 Å². The Morgan fingerprint density at radius 1 is 1.40 bits per heavy atom. The smallest absolute Gasteiger partial charge is 0.306 e. The molecule has 20 heavy (non-hydrogen) atoms. The molecule has 1 aromatic carbocycles. The van der Waals surface area contributed by atoms with E-state index in [1.165, 1.54) is 6.07 Å². The molecule has 104 valence electrons. The minimum atomic E-state index is -3.22. The number of hydrogen-bond donors (Lipinski definition) is 2. The Labute approximate surface area is 114 Å². The second kappa shape index (κ2) is 5.64. The zero-order valence-electron chi connectivity index (χ0n) is 10.6. The molecule has 0 bridgehead atoms. The van der Waals surface area contributed by atoms with Crippen LogP contribution in [0.15, 0.2) is 49.1 Å². The summed E-state index contributed by atoms with van der Waals surface area (Å²) in [5, 5.41) is 8.24. The molecule has 0 radical (unpaired) electrons. The van der Waals surface area contributed by atoms with Crippen LogP contribution in [0.5, 0.6) is 0 Å². The second-order valence-electron chi connectivity index (χ2n) is 4.16. The third-order valence-corrected chi connectivity index (χ3v) is 2.71. The summed E-state index contributed by atoms with van der Waals surface area (Å²) >= 11 is 0. The van der Waals surface area contributed by atoms with Crippen LogP contribution in [-0.2, 0) is 10.7 Å². The lowest BCUT2D eigenvalue weighted by molar-refractivity contribution is -0.118. The highest BCUT2D eigenvalue weighted by Crippen LogP contribution is 2.28. The maximum absolute atomic E-state index is 13.9. The molecule has 0 aliphatic heterocycles. The number of carbonyl (C=O) groups is 1. The number of rotatable bonds is 5. The maximum atomic E-state index is 13.9. The van der Waals surface area contributed by atoms with Crippen LogP contribution in [-0.4, -0.2) is 22.6 Å². The molecular formula is C14H13F2N3O. The van der Waals surface area contributed by atoms with Gasteiger partial charge in [0.25, 0.3) is 0 Å². The molecule has 0 fully saturated rings. The lowest BCUT2D eigenvalue weighted by Gasteiger charge is -2.14. The number of alkyl halides is 2. The number of benzene rings is 1. The Morgan fingerprint density at radius 2 is 2.10 bits per heavy atom. The van der Waals surface area contributed by atoms with Crippen molar-refractivity contribution in [3.05, 3.63) is 54.7 Å². The van der Waals surface area contributed by atoms with Crippen molar-refractivity contribution in [3.63, 3.8) is 0 Å². The predicted molar refractivity (Wildman–Crippen MR) is 71.1 cm³/mol. The van der Waals surface area contributed by atoms with E-state index < -0.39 is 18.4 Å². The summed E-state index contributed by atoms with van der Waals surface area (Å²) in [6.45, 7) is 2.39. The van der Waals surface area contributed by atoms with Crippen LogP contribution in [0.4, 0.5) is 8.78 Å². The largest absolute Gasteiger partial charge is 0.346 e. The van der Waals surface area contributed by atoms with Crippen LogP contribution in [0, 0.1) is 0 Å². The number of nitrogens with one attached hydrogen (secondary N) is 2. The zero-order valence-corrected chi connectivity index (χ0v) is 10.6. The van der Waals surface area contributed by atoms with E-state index in [0.717, 1.165) is 11.6 Å². The summed E-state index contributed by atoms with van der Waals surface area (Å²) < 4.78 is 27.7. The second-order valence-corrected chi connectivity index (χ2v) is 4.16. The lowest BCUT2D eigenvalue weighted by atomic mass is 10.1. The van der Waals surface area contributed by atoms with Crippen molar-refractivity contribution in [2.24, 2.45) is 0 Å². The summed E-state index contributed by atoms with van der Waals surface area (Å²) in [6.07, 6.45) is 0.943. The van der Waals surface area contributed by atoms with Gasteiger partial charge in [0.2, 0.25) is 5.91 Å². The van der Waals surface area contributed by atoms with E-state index in [-0.39, 0.29) is 5.69 Å². The standard InChI is InChI=1S/C14H13F2N3O/c1-2-13(20)17-9-14(15,16)12-8-11(18-19-12)10-6-4-3-5-7-10/h2-8H,1,9H2,(H,17,20)(H,18,19). The van der Waals surface area contributed by atoms with Gasteiger partial charge in [0.15, 0.2) is 0 Å². The van der Waals surface area contributed by atoms with Gasteiger partial charge >= 0.3 is 5.92 Å². The number of H-pyrrole nitrogens is 1. The number of nitrogens with zero attached hydrogens (tertiary/aromatic N) is 1. The van der Waals surface area contributed by atoms with Gasteiger partial charge in [-0.2, -0.15) is 13.9 Å². The van der Waals surface area contributed by atoms with E-state index in [1.54, 1.807) is 24.3 Å². The van der Waals surface area contributed by atoms with Gasteiger partial charge in [-0.15, -0.1) is 0 Å². The van der Waals surface area contributed by atoms with Crippen molar-refractivity contribution in [2.75, 3.05) is 6.54 Å². The Hall–Kier alpha value is -2.50. The Kier molecular flexibility index (Phi) is 3.93. The van der Waals surface area contributed by atoms with Crippen LogP contribution in [0.2, 0.25) is 0 Å². The topological polar surface area (TPSA) is 57.8 Å². The molecule has 0 saturated carbocycles. The minimum Gasteiger partial charge on any atom is -0.346 e. The molecule has 4 nitrogen and oxygen atoms in total. The van der Waals surface area contributed by atoms with Gasteiger partial charge in [-0.1, -0.05) is 36.9 Å². The molecule has 0 spiro atoms. The van der Waals surface area contributed by atoms with Crippen molar-refractivity contribution >= 4 is 5.91 Å². The van der Waals surface area contributed by atoms with E-state index >= 15 is 0 Å². The molecule has 1 amide bonds. The predicted octanol–water partition coefficient (Wildman–Crippen LogP) is 2.47. The first kappa shape index (κ1) is 13.9. The number of amides is 1. The third kappa shape index (κ3) is 3.09. The Bertz CT molecular complexity index is 608. The molecular weight excluding hydrogens is 264 g/mol. The highest BCUT2D eigenvalue weighted by Gasteiger charge is 2.34. The van der Waals surface area contributed by atoms with Gasteiger partial charge in [0.1, 0.15) is 5.69 Å². The summed E-state index contributed by atoms with van der Waals surface area (Å²) in [7, 11) is 0. The number of carbonyl (C=O) groups excluding carboxylic acids is 1. The monoisotopic (exact) mass is 277 g/mol. The Morgan fingerprint density at radius 3 is 2.75 bits per heavy atom. The van der Waals surface area contributed by atoms with Gasteiger partial charge in [-0.3, -0.25) is 9.89 Å². The fourth-order valence-corrected chi connectivity index (χ4v) is 1.63. The molecule has 0 aliphatic rings. The number of aromatic amines is 1. The zero-order chi connectivity index (χ0) is 14.6. The first-order valence-electron chi connectivity index (χ1n) is 5.92. The van der Waals surface area contributed by atoms with Crippen LogP contribution in [0.3, 0.4) is 0 Å². The summed E-state index contributed by atoms with van der Waals surface area (Å²) in [5.74, 6) is -3.87. The van der Waals surface area contributed by atoms with E-state index in [2.05, 4.69) is 22.1 Å². The maximum Gasteiger partial charge on any atom is 0.306 e. The minimum absolute atomic E-state index is 0.347. The number of hydrogen-bond acceptors (Lipinski definition) is 2. The van der Waals surface area contributed by atoms with Crippen molar-refractivity contribution in [1.82, 2.24) is 15.5 Å². The molecule has 2 aromatic rings. The third-order valence-electron chi connectivity index (χ3n) is 2.71. The first-order chi connectivity index (χ1) is 9.53. The van der Waals surface area contributed by atoms with Crippen molar-refractivity contribution in [3.8, 4) is 11.3 Å². The highest BCUT2D eigenvalue weighted by atomic mass is 19.3. The first-order valence-corrected chi connectivity index (χ1v) is 5.92. The van der Waals surface area contributed by atoms with Gasteiger partial charge < -0.3 is 5.32 Å². The van der Waals surface area contributed by atoms with Crippen LogP contribution in [0.25, 0.3) is 11.3 Å². The van der Waals surface area contributed by atoms with Crippen LogP contribution in [0.1, 0.15) is 5.69 Å². The molecule has 0 saturated heterocycles. The van der Waals surface area contributed by atoms with Gasteiger partial charge in [0, 0.05) is 5.56 Å². The van der Waals surface area contributed by atoms with E-state index in [0.29, 0.717) is 5.69 Å². The fraction of sp³-hybridized carbons (Fsp3) is 0.143. The normalized spacial score (nSPS) is 11.1. The van der Waals surface area contributed by atoms with Gasteiger partial charge in [-0.25, -0.2) is 0 Å². The van der Waals surface area contributed by atoms with E-state index in [9.17, 15) is 13.6 Å². The molecule has 0 aliphatic carbocycles. The average Bonchev–Trinajstić information content (AvgIpc) is 2.96. The molecule has 1 aromatic heterocycles. The summed E-state index contributed by atoms with van der Waals surface area (Å²) in [6, 6.07) is 10.2. The van der Waals surface area contributed by atoms with E-state index in [4.69, 9.17) is 0 Å². The highest BCUT2D eigenvalue weighted by molar-refractivity contribution is 5.86. The summed E-state index contributed by atoms with van der Waals surface area (Å²) in [4.78, 5) is 10.9. The lowest BCUT2D eigenvalue weighted by Crippen LogP contribution is -2.34. The van der Waals surface area contributed by atoms with E-state index in [1.807, 2.05) is 6.07 Å². The molecule has 2 N–H and O–H groups in total.